The lowest BCUT2D eigenvalue weighted by Crippen LogP contribution is -2.44. The number of hydrogen-bond acceptors (Lipinski definition) is 7. The molecule has 2 amide bonds. The fraction of sp³-hybridized carbons (Fsp3) is 0.394. The lowest BCUT2D eigenvalue weighted by molar-refractivity contribution is -0.124. The number of benzene rings is 2. The Labute approximate surface area is 262 Å². The van der Waals surface area contributed by atoms with Crippen LogP contribution in [0, 0.1) is 5.92 Å². The van der Waals surface area contributed by atoms with Crippen LogP contribution in [0.5, 0.6) is 11.5 Å². The SMILES string of the molecule is CNCCCNCCNC(=O)COC1=CCC(C2c3[nH]c4ccc(Cl)cc4c3CCN2C(=O)Oc2ccc(OC)cc2)C=C1. The quantitative estimate of drug-likeness (QED) is 0.204. The molecule has 2 aromatic carbocycles. The topological polar surface area (TPSA) is 117 Å². The first-order valence-electron chi connectivity index (χ1n) is 15.0. The summed E-state index contributed by atoms with van der Waals surface area (Å²) in [6.07, 6.45) is 7.81. The largest absolute Gasteiger partial charge is 0.497 e. The molecular formula is C33H40ClN5O5. The van der Waals surface area contributed by atoms with Crippen molar-refractivity contribution in [2.24, 2.45) is 5.92 Å². The van der Waals surface area contributed by atoms with Gasteiger partial charge >= 0.3 is 6.09 Å². The van der Waals surface area contributed by atoms with Crippen LogP contribution in [0.4, 0.5) is 4.79 Å². The van der Waals surface area contributed by atoms with Crippen molar-refractivity contribution in [3.63, 3.8) is 0 Å². The Kier molecular flexibility index (Phi) is 10.8. The maximum atomic E-state index is 13.6. The number of allylic oxidation sites excluding steroid dienone is 2. The molecule has 0 saturated heterocycles. The minimum atomic E-state index is -0.421. The molecule has 1 aliphatic carbocycles. The zero-order chi connectivity index (χ0) is 30.9. The van der Waals surface area contributed by atoms with Gasteiger partial charge in [-0.15, -0.1) is 0 Å². The van der Waals surface area contributed by atoms with Gasteiger partial charge in [0.2, 0.25) is 0 Å². The average molecular weight is 622 g/mol. The molecule has 10 nitrogen and oxygen atoms in total. The number of fused-ring (bicyclic) bond motifs is 3. The summed E-state index contributed by atoms with van der Waals surface area (Å²) in [7, 11) is 3.52. The molecule has 11 heteroatoms. The monoisotopic (exact) mass is 621 g/mol. The number of H-pyrrole nitrogens is 1. The zero-order valence-corrected chi connectivity index (χ0v) is 25.9. The van der Waals surface area contributed by atoms with Gasteiger partial charge in [-0.2, -0.15) is 0 Å². The van der Waals surface area contributed by atoms with Crippen molar-refractivity contribution in [3.05, 3.63) is 82.7 Å². The van der Waals surface area contributed by atoms with E-state index >= 15 is 0 Å². The summed E-state index contributed by atoms with van der Waals surface area (Å²) in [6, 6.07) is 12.5. The molecule has 5 rings (SSSR count). The van der Waals surface area contributed by atoms with E-state index in [0.717, 1.165) is 41.7 Å². The highest BCUT2D eigenvalue weighted by Crippen LogP contribution is 2.42. The first-order chi connectivity index (χ1) is 21.5. The second-order valence-corrected chi connectivity index (χ2v) is 11.3. The van der Waals surface area contributed by atoms with Gasteiger partial charge in [0.25, 0.3) is 5.91 Å². The van der Waals surface area contributed by atoms with Crippen LogP contribution in [0.1, 0.15) is 30.1 Å². The van der Waals surface area contributed by atoms with Crippen molar-refractivity contribution in [2.75, 3.05) is 53.5 Å². The number of nitrogens with zero attached hydrogens (tertiary/aromatic N) is 1. The second-order valence-electron chi connectivity index (χ2n) is 10.8. The predicted molar refractivity (Wildman–Crippen MR) is 171 cm³/mol. The van der Waals surface area contributed by atoms with Crippen molar-refractivity contribution < 1.29 is 23.8 Å². The Morgan fingerprint density at radius 1 is 1.07 bits per heavy atom. The number of rotatable bonds is 13. The normalized spacial score (nSPS) is 17.6. The fourth-order valence-corrected chi connectivity index (χ4v) is 5.88. The number of amides is 2. The van der Waals surface area contributed by atoms with Crippen LogP contribution >= 0.6 is 11.6 Å². The van der Waals surface area contributed by atoms with Crippen LogP contribution in [0.25, 0.3) is 10.9 Å². The van der Waals surface area contributed by atoms with Crippen LogP contribution in [0.2, 0.25) is 5.02 Å². The first kappa shape index (κ1) is 31.4. The molecule has 2 atom stereocenters. The van der Waals surface area contributed by atoms with Gasteiger partial charge in [-0.3, -0.25) is 9.69 Å². The third-order valence-corrected chi connectivity index (χ3v) is 8.15. The molecule has 44 heavy (non-hydrogen) atoms. The summed E-state index contributed by atoms with van der Waals surface area (Å²) < 4.78 is 16.8. The molecule has 234 valence electrons. The molecule has 0 bridgehead atoms. The van der Waals surface area contributed by atoms with E-state index in [1.165, 1.54) is 0 Å². The minimum Gasteiger partial charge on any atom is -0.497 e. The van der Waals surface area contributed by atoms with Gasteiger partial charge in [0.1, 0.15) is 17.3 Å². The molecule has 1 aliphatic heterocycles. The van der Waals surface area contributed by atoms with Crippen LogP contribution < -0.4 is 25.4 Å². The van der Waals surface area contributed by atoms with Gasteiger partial charge in [-0.1, -0.05) is 17.7 Å². The third-order valence-electron chi connectivity index (χ3n) is 7.91. The van der Waals surface area contributed by atoms with Gasteiger partial charge in [0, 0.05) is 47.2 Å². The fourth-order valence-electron chi connectivity index (χ4n) is 5.71. The van der Waals surface area contributed by atoms with E-state index in [1.54, 1.807) is 36.3 Å². The molecule has 1 aromatic heterocycles. The molecule has 2 aliphatic rings. The summed E-state index contributed by atoms with van der Waals surface area (Å²) in [6.45, 7) is 3.55. The Morgan fingerprint density at radius 3 is 2.64 bits per heavy atom. The number of carbonyl (C=O) groups excluding carboxylic acids is 2. The van der Waals surface area contributed by atoms with E-state index in [0.29, 0.717) is 54.8 Å². The molecule has 3 aromatic rings. The number of halogens is 1. The van der Waals surface area contributed by atoms with Crippen LogP contribution in [0.3, 0.4) is 0 Å². The Morgan fingerprint density at radius 2 is 1.89 bits per heavy atom. The smallest absolute Gasteiger partial charge is 0.415 e. The first-order valence-corrected chi connectivity index (χ1v) is 15.4. The van der Waals surface area contributed by atoms with E-state index in [2.05, 4.69) is 20.9 Å². The highest BCUT2D eigenvalue weighted by atomic mass is 35.5. The van der Waals surface area contributed by atoms with Crippen molar-refractivity contribution in [3.8, 4) is 11.5 Å². The maximum Gasteiger partial charge on any atom is 0.415 e. The van der Waals surface area contributed by atoms with Gasteiger partial charge < -0.3 is 35.1 Å². The molecule has 2 unspecified atom stereocenters. The Balaban J connectivity index is 1.24. The third kappa shape index (κ3) is 7.74. The molecule has 0 radical (unpaired) electrons. The highest BCUT2D eigenvalue weighted by molar-refractivity contribution is 6.31. The summed E-state index contributed by atoms with van der Waals surface area (Å²) in [5.74, 6) is 1.55. The molecule has 2 heterocycles. The Hall–Kier alpha value is -3.99. The summed E-state index contributed by atoms with van der Waals surface area (Å²) in [5.41, 5.74) is 3.12. The molecular weight excluding hydrogens is 582 g/mol. The van der Waals surface area contributed by atoms with Crippen molar-refractivity contribution in [2.45, 2.75) is 25.3 Å². The number of aromatic amines is 1. The van der Waals surface area contributed by atoms with Gasteiger partial charge in [-0.25, -0.2) is 4.79 Å². The van der Waals surface area contributed by atoms with E-state index in [1.807, 2.05) is 43.5 Å². The summed E-state index contributed by atoms with van der Waals surface area (Å²) in [5, 5.41) is 11.0. The highest BCUT2D eigenvalue weighted by Gasteiger charge is 2.39. The van der Waals surface area contributed by atoms with Crippen LogP contribution in [-0.2, 0) is 16.0 Å². The van der Waals surface area contributed by atoms with E-state index in [-0.39, 0.29) is 24.5 Å². The number of carbonyl (C=O) groups is 2. The standard InChI is InChI=1S/C33H40ClN5O5/c1-35-15-3-16-36-17-18-37-30(40)21-43-25-7-4-22(5-8-25)32-31-27(28-20-23(34)6-13-29(28)38-31)14-19-39(32)33(41)44-26-11-9-24(42-2)10-12-26/h4,6-13,20,22,32,35-36,38H,3,5,14-19,21H2,1-2H3,(H,37,40). The number of nitrogens with one attached hydrogen (secondary N) is 4. The van der Waals surface area contributed by atoms with Crippen molar-refractivity contribution >= 4 is 34.5 Å². The van der Waals surface area contributed by atoms with E-state index in [4.69, 9.17) is 25.8 Å². The molecule has 0 saturated carbocycles. The van der Waals surface area contributed by atoms with Crippen molar-refractivity contribution in [1.29, 1.82) is 0 Å². The number of ether oxygens (including phenoxy) is 3. The number of aromatic nitrogens is 1. The Bertz CT molecular complexity index is 1500. The lowest BCUT2D eigenvalue weighted by Gasteiger charge is -2.39. The van der Waals surface area contributed by atoms with Crippen LogP contribution in [0.15, 0.2) is 66.5 Å². The second kappa shape index (κ2) is 15.1. The van der Waals surface area contributed by atoms with Gasteiger partial charge in [0.05, 0.1) is 13.2 Å². The number of methoxy groups -OCH3 is 1. The van der Waals surface area contributed by atoms with Crippen LogP contribution in [-0.4, -0.2) is 75.4 Å². The summed E-state index contributed by atoms with van der Waals surface area (Å²) in [4.78, 5) is 31.2. The van der Waals surface area contributed by atoms with Gasteiger partial charge in [0.15, 0.2) is 6.61 Å². The van der Waals surface area contributed by atoms with E-state index < -0.39 is 6.09 Å². The molecule has 0 fully saturated rings. The molecule has 0 spiro atoms. The van der Waals surface area contributed by atoms with E-state index in [9.17, 15) is 9.59 Å². The average Bonchev–Trinajstić information content (AvgIpc) is 3.41. The molecule has 4 N–H and O–H groups in total. The zero-order valence-electron chi connectivity index (χ0n) is 25.2. The summed E-state index contributed by atoms with van der Waals surface area (Å²) >= 11 is 6.35. The number of hydrogen-bond donors (Lipinski definition) is 4. The maximum absolute atomic E-state index is 13.6. The minimum absolute atomic E-state index is 0.0452. The lowest BCUT2D eigenvalue weighted by atomic mass is 9.84. The van der Waals surface area contributed by atoms with Gasteiger partial charge in [-0.05, 0) is 99.6 Å². The predicted octanol–water partition coefficient (Wildman–Crippen LogP) is 4.72. The van der Waals surface area contributed by atoms with Crippen molar-refractivity contribution in [1.82, 2.24) is 25.8 Å².